The number of benzene rings is 1. The van der Waals surface area contributed by atoms with E-state index in [1.54, 1.807) is 0 Å². The zero-order valence-electron chi connectivity index (χ0n) is 15.8. The maximum absolute atomic E-state index is 12.9. The predicted molar refractivity (Wildman–Crippen MR) is 103 cm³/mol. The predicted octanol–water partition coefficient (Wildman–Crippen LogP) is 5.62. The van der Waals surface area contributed by atoms with Crippen molar-refractivity contribution < 1.29 is 13.2 Å². The maximum atomic E-state index is 12.9. The maximum Gasteiger partial charge on any atom is 0.401 e. The highest BCUT2D eigenvalue weighted by atomic mass is 28.3. The summed E-state index contributed by atoms with van der Waals surface area (Å²) in [6.45, 7) is 13.9. The van der Waals surface area contributed by atoms with Gasteiger partial charge in [-0.05, 0) is 16.2 Å². The number of hydrogen-bond acceptors (Lipinski definition) is 1. The Balaban J connectivity index is 2.87. The van der Waals surface area contributed by atoms with Crippen LogP contribution in [0.2, 0.25) is 18.1 Å². The van der Waals surface area contributed by atoms with Crippen molar-refractivity contribution in [1.29, 1.82) is 0 Å². The van der Waals surface area contributed by atoms with Gasteiger partial charge in [0.15, 0.2) is 0 Å². The molecule has 0 aliphatic rings. The molecule has 5 heteroatoms. The second-order valence-corrected chi connectivity index (χ2v) is 12.9. The summed E-state index contributed by atoms with van der Waals surface area (Å²) < 4.78 is 38.7. The van der Waals surface area contributed by atoms with Gasteiger partial charge in [-0.2, -0.15) is 13.2 Å². The Bertz CT molecular complexity index is 631. The molecule has 25 heavy (non-hydrogen) atoms. The van der Waals surface area contributed by atoms with E-state index in [2.05, 4.69) is 51.9 Å². The van der Waals surface area contributed by atoms with Crippen molar-refractivity contribution in [2.24, 2.45) is 0 Å². The monoisotopic (exact) mass is 367 g/mol. The van der Waals surface area contributed by atoms with E-state index in [1.165, 1.54) is 4.90 Å². The van der Waals surface area contributed by atoms with Crippen molar-refractivity contribution in [3.63, 3.8) is 0 Å². The molecule has 1 rings (SSSR count). The highest BCUT2D eigenvalue weighted by Gasteiger charge is 2.34. The van der Waals surface area contributed by atoms with Crippen molar-refractivity contribution >= 4 is 13.6 Å². The van der Waals surface area contributed by atoms with Gasteiger partial charge in [-0.15, -0.1) is 5.54 Å². The van der Waals surface area contributed by atoms with E-state index in [1.807, 2.05) is 30.3 Å². The molecule has 1 nitrogen and oxygen atoms in total. The fourth-order valence-corrected chi connectivity index (χ4v) is 2.91. The van der Waals surface area contributed by atoms with Gasteiger partial charge in [0.1, 0.15) is 8.07 Å². The molecule has 0 aliphatic carbocycles. The van der Waals surface area contributed by atoms with Crippen LogP contribution in [0.25, 0.3) is 5.57 Å². The third-order valence-corrected chi connectivity index (χ3v) is 9.13. The van der Waals surface area contributed by atoms with Crippen LogP contribution in [0.15, 0.2) is 36.9 Å². The molecule has 1 aromatic rings. The lowest BCUT2D eigenvalue weighted by molar-refractivity contribution is -0.143. The standard InChI is InChI=1S/C20H28F3NSi/c1-17(18-11-8-7-9-12-18)15-24(16-20(21,22)23)13-10-14-25(5,6)19(2,3)4/h7-9,11-12H,1,13,15-16H2,2-6H3. The summed E-state index contributed by atoms with van der Waals surface area (Å²) in [4.78, 5) is 1.31. The summed E-state index contributed by atoms with van der Waals surface area (Å²) in [5.41, 5.74) is 4.80. The van der Waals surface area contributed by atoms with E-state index in [0.717, 1.165) is 5.56 Å². The second kappa shape index (κ2) is 8.24. The summed E-state index contributed by atoms with van der Waals surface area (Å²) in [5, 5.41) is 0.0858. The molecule has 0 unspecified atom stereocenters. The Hall–Kier alpha value is -1.51. The van der Waals surface area contributed by atoms with Gasteiger partial charge in [-0.3, -0.25) is 4.90 Å². The van der Waals surface area contributed by atoms with Gasteiger partial charge in [0.25, 0.3) is 0 Å². The Morgan fingerprint density at radius 2 is 1.68 bits per heavy atom. The topological polar surface area (TPSA) is 3.24 Å². The number of nitrogens with zero attached hydrogens (tertiary/aromatic N) is 1. The van der Waals surface area contributed by atoms with E-state index in [0.29, 0.717) is 5.57 Å². The minimum Gasteiger partial charge on any atom is -0.279 e. The van der Waals surface area contributed by atoms with Crippen LogP contribution < -0.4 is 0 Å². The van der Waals surface area contributed by atoms with E-state index in [4.69, 9.17) is 0 Å². The van der Waals surface area contributed by atoms with Crippen molar-refractivity contribution in [1.82, 2.24) is 4.90 Å². The van der Waals surface area contributed by atoms with Gasteiger partial charge in [0, 0.05) is 6.54 Å². The second-order valence-electron chi connectivity index (χ2n) is 7.91. The van der Waals surface area contributed by atoms with Crippen LogP contribution in [-0.4, -0.2) is 38.8 Å². The molecule has 0 atom stereocenters. The largest absolute Gasteiger partial charge is 0.401 e. The lowest BCUT2D eigenvalue weighted by atomic mass is 10.1. The smallest absolute Gasteiger partial charge is 0.279 e. The summed E-state index contributed by atoms with van der Waals surface area (Å²) >= 11 is 0. The Kier molecular flexibility index (Phi) is 7.10. The number of alkyl halides is 3. The normalized spacial score (nSPS) is 12.7. The van der Waals surface area contributed by atoms with E-state index >= 15 is 0 Å². The molecule has 0 heterocycles. The molecule has 0 saturated heterocycles. The van der Waals surface area contributed by atoms with Gasteiger partial charge in [-0.1, -0.05) is 76.7 Å². The van der Waals surface area contributed by atoms with Gasteiger partial charge >= 0.3 is 6.18 Å². The minimum atomic E-state index is -4.25. The van der Waals surface area contributed by atoms with Crippen LogP contribution >= 0.6 is 0 Å². The highest BCUT2D eigenvalue weighted by Crippen LogP contribution is 2.35. The lowest BCUT2D eigenvalue weighted by Gasteiger charge is -2.31. The molecule has 0 aliphatic heterocycles. The summed E-state index contributed by atoms with van der Waals surface area (Å²) in [6, 6.07) is 9.29. The first-order chi connectivity index (χ1) is 11.3. The third-order valence-electron chi connectivity index (χ3n) is 4.58. The first-order valence-corrected chi connectivity index (χ1v) is 11.3. The molecule has 0 radical (unpaired) electrons. The van der Waals surface area contributed by atoms with Gasteiger partial charge < -0.3 is 0 Å². The fraction of sp³-hybridized carbons (Fsp3) is 0.500. The van der Waals surface area contributed by atoms with Crippen LogP contribution in [0.5, 0.6) is 0 Å². The van der Waals surface area contributed by atoms with Crippen LogP contribution in [0.1, 0.15) is 26.3 Å². The molecule has 138 valence electrons. The van der Waals surface area contributed by atoms with Crippen molar-refractivity contribution in [3.8, 4) is 11.5 Å². The van der Waals surface area contributed by atoms with Gasteiger partial charge in [-0.25, -0.2) is 0 Å². The van der Waals surface area contributed by atoms with Gasteiger partial charge in [0.05, 0.1) is 13.1 Å². The summed E-state index contributed by atoms with van der Waals surface area (Å²) in [7, 11) is -1.83. The van der Waals surface area contributed by atoms with Crippen molar-refractivity contribution in [2.45, 2.75) is 45.1 Å². The van der Waals surface area contributed by atoms with E-state index < -0.39 is 20.8 Å². The number of rotatable bonds is 5. The average molecular weight is 368 g/mol. The molecular formula is C20H28F3NSi. The molecule has 0 spiro atoms. The molecule has 0 aromatic heterocycles. The third kappa shape index (κ3) is 7.49. The highest BCUT2D eigenvalue weighted by molar-refractivity contribution is 6.87. The number of hydrogen-bond donors (Lipinski definition) is 0. The Morgan fingerprint density at radius 1 is 1.12 bits per heavy atom. The molecule has 0 fully saturated rings. The quantitative estimate of drug-likeness (QED) is 0.482. The zero-order valence-corrected chi connectivity index (χ0v) is 16.8. The average Bonchev–Trinajstić information content (AvgIpc) is 2.45. The summed E-state index contributed by atoms with van der Waals surface area (Å²) in [5.74, 6) is 3.01. The SMILES string of the molecule is C=C(CN(CC#C[Si](C)(C)C(C)(C)C)CC(F)(F)F)c1ccccc1. The van der Waals surface area contributed by atoms with Crippen molar-refractivity contribution in [2.75, 3.05) is 19.6 Å². The van der Waals surface area contributed by atoms with Crippen molar-refractivity contribution in [3.05, 3.63) is 42.5 Å². The van der Waals surface area contributed by atoms with Crippen LogP contribution in [0, 0.1) is 11.5 Å². The molecular weight excluding hydrogens is 339 g/mol. The van der Waals surface area contributed by atoms with Crippen LogP contribution in [0.3, 0.4) is 0 Å². The molecule has 0 bridgehead atoms. The molecule has 0 N–H and O–H groups in total. The molecule has 0 saturated carbocycles. The van der Waals surface area contributed by atoms with E-state index in [9.17, 15) is 13.2 Å². The van der Waals surface area contributed by atoms with E-state index in [-0.39, 0.29) is 18.1 Å². The van der Waals surface area contributed by atoms with Crippen LogP contribution in [0.4, 0.5) is 13.2 Å². The van der Waals surface area contributed by atoms with Crippen LogP contribution in [-0.2, 0) is 0 Å². The zero-order chi connectivity index (χ0) is 19.3. The molecule has 0 amide bonds. The minimum absolute atomic E-state index is 0.0858. The summed E-state index contributed by atoms with van der Waals surface area (Å²) in [6.07, 6.45) is -4.25. The lowest BCUT2D eigenvalue weighted by Crippen LogP contribution is -2.37. The Labute approximate surface area is 150 Å². The fourth-order valence-electron chi connectivity index (χ4n) is 2.02. The first-order valence-electron chi connectivity index (χ1n) is 8.34. The Morgan fingerprint density at radius 3 is 2.16 bits per heavy atom. The number of halogens is 3. The first kappa shape index (κ1) is 21.5. The molecule has 1 aromatic carbocycles. The van der Waals surface area contributed by atoms with Gasteiger partial charge in [0.2, 0.25) is 0 Å².